The van der Waals surface area contributed by atoms with E-state index in [0.29, 0.717) is 25.6 Å². The average molecular weight is 522 g/mol. The Morgan fingerprint density at radius 3 is 2.61 bits per heavy atom. The minimum atomic E-state index is -3.12. The van der Waals surface area contributed by atoms with E-state index < -0.39 is 14.6 Å². The highest BCUT2D eigenvalue weighted by Gasteiger charge is 2.40. The number of carbonyl (C=O) groups is 1. The van der Waals surface area contributed by atoms with Gasteiger partial charge in [0, 0.05) is 25.3 Å². The maximum Gasteiger partial charge on any atom is 0.246 e. The zero-order valence-corrected chi connectivity index (χ0v) is 20.1. The Kier molecular flexibility index (Phi) is 9.19. The molecule has 1 amide bonds. The average Bonchev–Trinajstić information content (AvgIpc) is 2.61. The maximum absolute atomic E-state index is 12.3. The van der Waals surface area contributed by atoms with Crippen LogP contribution in [-0.4, -0.2) is 61.9 Å². The van der Waals surface area contributed by atoms with Gasteiger partial charge in [-0.25, -0.2) is 13.4 Å². The Balaban J connectivity index is 0.00000392. The predicted molar refractivity (Wildman–Crippen MR) is 125 cm³/mol. The Morgan fingerprint density at radius 1 is 1.29 bits per heavy atom. The largest absolute Gasteiger partial charge is 0.357 e. The van der Waals surface area contributed by atoms with Crippen LogP contribution in [0.3, 0.4) is 0 Å². The summed E-state index contributed by atoms with van der Waals surface area (Å²) in [7, 11) is -3.12. The zero-order chi connectivity index (χ0) is 20.1. The molecule has 1 heterocycles. The molecule has 28 heavy (non-hydrogen) atoms. The Morgan fingerprint density at radius 2 is 2.00 bits per heavy atom. The van der Waals surface area contributed by atoms with E-state index in [0.717, 1.165) is 17.7 Å². The number of sulfone groups is 1. The molecule has 2 rings (SSSR count). The van der Waals surface area contributed by atoms with Crippen LogP contribution in [0.5, 0.6) is 0 Å². The van der Waals surface area contributed by atoms with E-state index in [4.69, 9.17) is 0 Å². The molecule has 1 fully saturated rings. The number of hydrogen-bond acceptors (Lipinski definition) is 4. The molecule has 0 atom stereocenters. The molecule has 0 radical (unpaired) electrons. The second-order valence-electron chi connectivity index (χ2n) is 7.27. The zero-order valence-electron chi connectivity index (χ0n) is 17.0. The lowest BCUT2D eigenvalue weighted by Gasteiger charge is -2.39. The van der Waals surface area contributed by atoms with E-state index >= 15 is 0 Å². The van der Waals surface area contributed by atoms with Crippen molar-refractivity contribution in [2.45, 2.75) is 38.9 Å². The lowest BCUT2D eigenvalue weighted by molar-refractivity contribution is -0.114. The summed E-state index contributed by atoms with van der Waals surface area (Å²) in [5.41, 5.74) is 1.91. The van der Waals surface area contributed by atoms with Crippen molar-refractivity contribution in [1.82, 2.24) is 10.2 Å². The molecule has 0 spiro atoms. The number of nitrogens with zero attached hydrogens (tertiary/aromatic N) is 2. The van der Waals surface area contributed by atoms with Gasteiger partial charge in [-0.2, -0.15) is 0 Å². The van der Waals surface area contributed by atoms with Crippen LogP contribution in [0, 0.1) is 0 Å². The number of aryl methyl sites for hydroxylation is 1. The molecule has 0 saturated carbocycles. The highest BCUT2D eigenvalue weighted by Crippen LogP contribution is 2.23. The fourth-order valence-electron chi connectivity index (χ4n) is 2.97. The standard InChI is InChI=1S/C19H30N4O3S.HI/c1-5-15-8-7-9-16(12-15)22-17(24)13-21-18(20-6-2)23-10-11-27(25,26)19(3,4)14-23;/h7-9,12H,5-6,10-11,13-14H2,1-4H3,(H,20,21)(H,22,24);1H. The summed E-state index contributed by atoms with van der Waals surface area (Å²) in [4.78, 5) is 18.6. The molecular weight excluding hydrogens is 491 g/mol. The summed E-state index contributed by atoms with van der Waals surface area (Å²) in [5, 5.41) is 6.01. The molecule has 9 heteroatoms. The first-order chi connectivity index (χ1) is 12.7. The van der Waals surface area contributed by atoms with Crippen molar-refractivity contribution < 1.29 is 13.2 Å². The molecule has 7 nitrogen and oxygen atoms in total. The number of guanidine groups is 1. The first-order valence-corrected chi connectivity index (χ1v) is 11.0. The van der Waals surface area contributed by atoms with Crippen LogP contribution in [0.25, 0.3) is 0 Å². The Labute approximate surface area is 185 Å². The van der Waals surface area contributed by atoms with Gasteiger partial charge in [-0.05, 0) is 44.9 Å². The van der Waals surface area contributed by atoms with Gasteiger partial charge in [0.15, 0.2) is 15.8 Å². The number of hydrogen-bond donors (Lipinski definition) is 2. The molecule has 1 aliphatic rings. The number of amides is 1. The fraction of sp³-hybridized carbons (Fsp3) is 0.579. The van der Waals surface area contributed by atoms with E-state index in [2.05, 4.69) is 22.5 Å². The number of anilines is 1. The second-order valence-corrected chi connectivity index (χ2v) is 10.0. The monoisotopic (exact) mass is 522 g/mol. The van der Waals surface area contributed by atoms with Gasteiger partial charge in [0.2, 0.25) is 5.91 Å². The third-order valence-corrected chi connectivity index (χ3v) is 7.20. The first kappa shape index (κ1) is 24.7. The van der Waals surface area contributed by atoms with Crippen molar-refractivity contribution in [1.29, 1.82) is 0 Å². The molecule has 1 saturated heterocycles. The van der Waals surface area contributed by atoms with Crippen LogP contribution in [0.4, 0.5) is 5.69 Å². The quantitative estimate of drug-likeness (QED) is 0.352. The summed E-state index contributed by atoms with van der Waals surface area (Å²) in [6.07, 6.45) is 0.903. The van der Waals surface area contributed by atoms with E-state index in [1.54, 1.807) is 13.8 Å². The van der Waals surface area contributed by atoms with Gasteiger partial charge in [-0.1, -0.05) is 19.1 Å². The van der Waals surface area contributed by atoms with Gasteiger partial charge in [-0.15, -0.1) is 24.0 Å². The van der Waals surface area contributed by atoms with Gasteiger partial charge in [0.1, 0.15) is 6.54 Å². The van der Waals surface area contributed by atoms with Crippen molar-refractivity contribution >= 4 is 51.4 Å². The third-order valence-electron chi connectivity index (χ3n) is 4.67. The van der Waals surface area contributed by atoms with Crippen molar-refractivity contribution in [3.63, 3.8) is 0 Å². The number of carbonyl (C=O) groups excluding carboxylic acids is 1. The molecular formula is C19H31IN4O3S. The fourth-order valence-corrected chi connectivity index (χ4v) is 4.33. The number of nitrogens with one attached hydrogen (secondary N) is 2. The molecule has 1 aliphatic heterocycles. The minimum absolute atomic E-state index is 0. The van der Waals surface area contributed by atoms with E-state index in [9.17, 15) is 13.2 Å². The summed E-state index contributed by atoms with van der Waals surface area (Å²) >= 11 is 0. The van der Waals surface area contributed by atoms with E-state index in [1.807, 2.05) is 36.1 Å². The summed E-state index contributed by atoms with van der Waals surface area (Å²) in [6, 6.07) is 7.73. The van der Waals surface area contributed by atoms with Crippen LogP contribution < -0.4 is 10.6 Å². The van der Waals surface area contributed by atoms with Crippen molar-refractivity contribution in [2.75, 3.05) is 37.2 Å². The smallest absolute Gasteiger partial charge is 0.246 e. The van der Waals surface area contributed by atoms with Crippen molar-refractivity contribution in [2.24, 2.45) is 4.99 Å². The van der Waals surface area contributed by atoms with Crippen LogP contribution in [0.1, 0.15) is 33.3 Å². The van der Waals surface area contributed by atoms with Gasteiger partial charge >= 0.3 is 0 Å². The van der Waals surface area contributed by atoms with Gasteiger partial charge in [0.25, 0.3) is 0 Å². The lowest BCUT2D eigenvalue weighted by Crippen LogP contribution is -2.57. The van der Waals surface area contributed by atoms with Gasteiger partial charge in [-0.3, -0.25) is 4.79 Å². The van der Waals surface area contributed by atoms with Crippen molar-refractivity contribution in [3.05, 3.63) is 29.8 Å². The topological polar surface area (TPSA) is 90.9 Å². The Hall–Kier alpha value is -1.36. The molecule has 0 aliphatic carbocycles. The highest BCUT2D eigenvalue weighted by molar-refractivity contribution is 14.0. The van der Waals surface area contributed by atoms with Crippen LogP contribution in [-0.2, 0) is 21.1 Å². The molecule has 0 bridgehead atoms. The van der Waals surface area contributed by atoms with Crippen molar-refractivity contribution in [3.8, 4) is 0 Å². The van der Waals surface area contributed by atoms with Crippen LogP contribution in [0.15, 0.2) is 29.3 Å². The number of benzene rings is 1. The third kappa shape index (κ3) is 6.33. The summed E-state index contributed by atoms with van der Waals surface area (Å²) < 4.78 is 23.6. The number of rotatable bonds is 5. The summed E-state index contributed by atoms with van der Waals surface area (Å²) in [6.45, 7) is 8.80. The molecule has 158 valence electrons. The van der Waals surface area contributed by atoms with E-state index in [-0.39, 0.29) is 42.2 Å². The van der Waals surface area contributed by atoms with Crippen LogP contribution >= 0.6 is 24.0 Å². The van der Waals surface area contributed by atoms with Gasteiger partial charge in [0.05, 0.1) is 10.5 Å². The maximum atomic E-state index is 12.3. The first-order valence-electron chi connectivity index (χ1n) is 9.33. The van der Waals surface area contributed by atoms with Gasteiger partial charge < -0.3 is 15.5 Å². The summed E-state index contributed by atoms with van der Waals surface area (Å²) in [5.74, 6) is 0.445. The molecule has 1 aromatic carbocycles. The lowest BCUT2D eigenvalue weighted by atomic mass is 10.1. The predicted octanol–water partition coefficient (Wildman–Crippen LogP) is 2.28. The SMILES string of the molecule is CCNC(=NCC(=O)Nc1cccc(CC)c1)N1CCS(=O)(=O)C(C)(C)C1.I. The Bertz CT molecular complexity index is 809. The molecule has 0 unspecified atom stereocenters. The van der Waals surface area contributed by atoms with Crippen LogP contribution in [0.2, 0.25) is 0 Å². The minimum Gasteiger partial charge on any atom is -0.357 e. The second kappa shape index (κ2) is 10.4. The molecule has 1 aromatic rings. The molecule has 0 aromatic heterocycles. The normalized spacial score (nSPS) is 18.1. The number of halogens is 1. The number of aliphatic imine (C=N–C) groups is 1. The highest BCUT2D eigenvalue weighted by atomic mass is 127. The van der Waals surface area contributed by atoms with E-state index in [1.165, 1.54) is 0 Å². The molecule has 2 N–H and O–H groups in total.